The van der Waals surface area contributed by atoms with Gasteiger partial charge < -0.3 is 19.9 Å². The van der Waals surface area contributed by atoms with Crippen molar-refractivity contribution in [1.82, 2.24) is 20.2 Å². The van der Waals surface area contributed by atoms with Crippen LogP contribution in [-0.4, -0.2) is 35.2 Å². The van der Waals surface area contributed by atoms with Gasteiger partial charge >= 0.3 is 0 Å². The van der Waals surface area contributed by atoms with E-state index < -0.39 is 0 Å². The lowest BCUT2D eigenvalue weighted by molar-refractivity contribution is 0.223. The molecule has 0 amide bonds. The zero-order valence-corrected chi connectivity index (χ0v) is 16.5. The summed E-state index contributed by atoms with van der Waals surface area (Å²) in [6.45, 7) is 10.8. The summed E-state index contributed by atoms with van der Waals surface area (Å²) in [5, 5.41) is 6.62. The fraction of sp³-hybridized carbons (Fsp3) is 0.500. The van der Waals surface area contributed by atoms with Gasteiger partial charge in [0.15, 0.2) is 5.96 Å². The molecule has 2 rings (SSSR count). The molecule has 0 radical (unpaired) electrons. The van der Waals surface area contributed by atoms with Crippen LogP contribution in [0.15, 0.2) is 41.7 Å². The van der Waals surface area contributed by atoms with E-state index in [1.54, 1.807) is 7.05 Å². The van der Waals surface area contributed by atoms with E-state index in [-0.39, 0.29) is 6.10 Å². The minimum absolute atomic E-state index is 0.0262. The number of nitrogens with one attached hydrogen (secondary N) is 2. The van der Waals surface area contributed by atoms with Crippen molar-refractivity contribution in [3.63, 3.8) is 0 Å². The number of aryl methyl sites for hydroxylation is 1. The highest BCUT2D eigenvalue weighted by atomic mass is 16.5. The summed E-state index contributed by atoms with van der Waals surface area (Å²) in [5.74, 6) is 3.22. The van der Waals surface area contributed by atoms with Gasteiger partial charge in [-0.25, -0.2) is 4.98 Å². The molecular weight excluding hydrogens is 326 g/mol. The van der Waals surface area contributed by atoms with Crippen LogP contribution in [0.25, 0.3) is 0 Å². The lowest BCUT2D eigenvalue weighted by Gasteiger charge is -2.18. The van der Waals surface area contributed by atoms with Gasteiger partial charge in [0.1, 0.15) is 17.7 Å². The predicted molar refractivity (Wildman–Crippen MR) is 107 cm³/mol. The molecule has 26 heavy (non-hydrogen) atoms. The largest absolute Gasteiger partial charge is 0.489 e. The summed E-state index contributed by atoms with van der Waals surface area (Å²) in [6, 6.07) is 8.08. The second kappa shape index (κ2) is 9.85. The van der Waals surface area contributed by atoms with Crippen molar-refractivity contribution >= 4 is 5.96 Å². The highest BCUT2D eigenvalue weighted by Gasteiger charge is 2.08. The zero-order valence-electron chi connectivity index (χ0n) is 16.5. The number of aromatic nitrogens is 2. The summed E-state index contributed by atoms with van der Waals surface area (Å²) < 4.78 is 8.12. The lowest BCUT2D eigenvalue weighted by atomic mass is 10.2. The van der Waals surface area contributed by atoms with Crippen LogP contribution in [0, 0.1) is 12.8 Å². The topological polar surface area (TPSA) is 63.5 Å². The Morgan fingerprint density at radius 2 is 2.08 bits per heavy atom. The molecule has 1 atom stereocenters. The molecule has 1 unspecified atom stereocenters. The van der Waals surface area contributed by atoms with E-state index in [0.29, 0.717) is 19.0 Å². The molecule has 0 aliphatic rings. The number of aliphatic imine (C=N–C) groups is 1. The number of rotatable bonds is 8. The van der Waals surface area contributed by atoms with Crippen LogP contribution in [0.1, 0.15) is 32.2 Å². The van der Waals surface area contributed by atoms with Gasteiger partial charge in [-0.3, -0.25) is 4.99 Å². The number of ether oxygens (including phenoxy) is 1. The highest BCUT2D eigenvalue weighted by molar-refractivity contribution is 5.79. The molecule has 142 valence electrons. The molecule has 0 bridgehead atoms. The molecule has 1 heterocycles. The van der Waals surface area contributed by atoms with E-state index in [2.05, 4.69) is 52.0 Å². The van der Waals surface area contributed by atoms with E-state index in [1.807, 2.05) is 37.5 Å². The van der Waals surface area contributed by atoms with E-state index in [1.165, 1.54) is 5.56 Å². The number of guanidine groups is 1. The average Bonchev–Trinajstić information content (AvgIpc) is 3.01. The smallest absolute Gasteiger partial charge is 0.191 e. The monoisotopic (exact) mass is 357 g/mol. The van der Waals surface area contributed by atoms with Crippen molar-refractivity contribution in [2.75, 3.05) is 13.6 Å². The fourth-order valence-corrected chi connectivity index (χ4v) is 2.65. The van der Waals surface area contributed by atoms with Crippen molar-refractivity contribution in [2.45, 2.75) is 46.9 Å². The maximum Gasteiger partial charge on any atom is 0.191 e. The molecule has 6 nitrogen and oxygen atoms in total. The van der Waals surface area contributed by atoms with Crippen molar-refractivity contribution in [2.24, 2.45) is 10.9 Å². The summed E-state index contributed by atoms with van der Waals surface area (Å²) in [4.78, 5) is 8.70. The average molecular weight is 358 g/mol. The Morgan fingerprint density at radius 1 is 1.27 bits per heavy atom. The van der Waals surface area contributed by atoms with E-state index in [9.17, 15) is 0 Å². The van der Waals surface area contributed by atoms with E-state index in [4.69, 9.17) is 4.74 Å². The fourth-order valence-electron chi connectivity index (χ4n) is 2.65. The Bertz CT molecular complexity index is 708. The van der Waals surface area contributed by atoms with Gasteiger partial charge in [0.05, 0.1) is 13.1 Å². The lowest BCUT2D eigenvalue weighted by Crippen LogP contribution is -2.41. The standard InChI is InChI=1S/C20H31N5O/c1-15(2)14-25-10-9-22-19(25)13-24-20(21-5)23-12-17(4)26-18-8-6-7-16(3)11-18/h6-11,15,17H,12-14H2,1-5H3,(H2,21,23,24). The molecule has 0 saturated heterocycles. The Hall–Kier alpha value is -2.50. The first-order valence-electron chi connectivity index (χ1n) is 9.15. The molecule has 2 N–H and O–H groups in total. The Kier molecular flexibility index (Phi) is 7.51. The number of hydrogen-bond acceptors (Lipinski definition) is 3. The second-order valence-corrected chi connectivity index (χ2v) is 6.94. The summed E-state index contributed by atoms with van der Waals surface area (Å²) in [5.41, 5.74) is 1.19. The number of nitrogens with zero attached hydrogens (tertiary/aromatic N) is 3. The third-order valence-corrected chi connectivity index (χ3v) is 3.88. The maximum absolute atomic E-state index is 5.94. The third kappa shape index (κ3) is 6.43. The van der Waals surface area contributed by atoms with Gasteiger partial charge in [0, 0.05) is 26.0 Å². The molecule has 0 spiro atoms. The Morgan fingerprint density at radius 3 is 2.77 bits per heavy atom. The highest BCUT2D eigenvalue weighted by Crippen LogP contribution is 2.13. The minimum atomic E-state index is 0.0262. The summed E-state index contributed by atoms with van der Waals surface area (Å²) >= 11 is 0. The molecule has 6 heteroatoms. The molecule has 2 aromatic rings. The first-order chi connectivity index (χ1) is 12.5. The van der Waals surface area contributed by atoms with Crippen LogP contribution in [0.5, 0.6) is 5.75 Å². The molecule has 0 saturated carbocycles. The number of benzene rings is 1. The third-order valence-electron chi connectivity index (χ3n) is 3.88. The quantitative estimate of drug-likeness (QED) is 0.563. The zero-order chi connectivity index (χ0) is 18.9. The summed E-state index contributed by atoms with van der Waals surface area (Å²) in [6.07, 6.45) is 3.89. The number of hydrogen-bond donors (Lipinski definition) is 2. The van der Waals surface area contributed by atoms with Crippen LogP contribution < -0.4 is 15.4 Å². The van der Waals surface area contributed by atoms with Gasteiger partial charge in [-0.05, 0) is 37.5 Å². The van der Waals surface area contributed by atoms with Crippen LogP contribution in [0.4, 0.5) is 0 Å². The van der Waals surface area contributed by atoms with Gasteiger partial charge in [0.2, 0.25) is 0 Å². The maximum atomic E-state index is 5.94. The molecule has 1 aromatic heterocycles. The Labute approximate surface area is 156 Å². The van der Waals surface area contributed by atoms with Crippen LogP contribution in [-0.2, 0) is 13.1 Å². The molecule has 0 fully saturated rings. The SMILES string of the molecule is CN=C(NCc1nccn1CC(C)C)NCC(C)Oc1cccc(C)c1. The predicted octanol–water partition coefficient (Wildman–Crippen LogP) is 2.98. The normalized spacial score (nSPS) is 12.9. The van der Waals surface area contributed by atoms with E-state index in [0.717, 1.165) is 24.1 Å². The molecule has 1 aromatic carbocycles. The van der Waals surface area contributed by atoms with Gasteiger partial charge in [-0.2, -0.15) is 0 Å². The number of imidazole rings is 1. The van der Waals surface area contributed by atoms with Gasteiger partial charge in [-0.15, -0.1) is 0 Å². The molecule has 0 aliphatic heterocycles. The second-order valence-electron chi connectivity index (χ2n) is 6.94. The molecular formula is C20H31N5O. The van der Waals surface area contributed by atoms with Gasteiger partial charge in [-0.1, -0.05) is 26.0 Å². The van der Waals surface area contributed by atoms with Crippen LogP contribution in [0.2, 0.25) is 0 Å². The van der Waals surface area contributed by atoms with E-state index >= 15 is 0 Å². The van der Waals surface area contributed by atoms with Crippen molar-refractivity contribution in [1.29, 1.82) is 0 Å². The first-order valence-corrected chi connectivity index (χ1v) is 9.15. The van der Waals surface area contributed by atoms with Crippen molar-refractivity contribution < 1.29 is 4.74 Å². The van der Waals surface area contributed by atoms with Crippen molar-refractivity contribution in [3.8, 4) is 5.75 Å². The van der Waals surface area contributed by atoms with Gasteiger partial charge in [0.25, 0.3) is 0 Å². The van der Waals surface area contributed by atoms with Crippen LogP contribution >= 0.6 is 0 Å². The Balaban J connectivity index is 1.80. The van der Waals surface area contributed by atoms with Crippen molar-refractivity contribution in [3.05, 3.63) is 48.0 Å². The van der Waals surface area contributed by atoms with Crippen LogP contribution in [0.3, 0.4) is 0 Å². The molecule has 0 aliphatic carbocycles. The minimum Gasteiger partial charge on any atom is -0.489 e. The first kappa shape index (κ1) is 19.8. The summed E-state index contributed by atoms with van der Waals surface area (Å²) in [7, 11) is 1.77.